The Hall–Kier alpha value is -2.68. The van der Waals surface area contributed by atoms with E-state index >= 15 is 0 Å². The summed E-state index contributed by atoms with van der Waals surface area (Å²) in [6.07, 6.45) is 1.43. The lowest BCUT2D eigenvalue weighted by Crippen LogP contribution is -2.14. The number of methoxy groups -OCH3 is 1. The van der Waals surface area contributed by atoms with Crippen LogP contribution in [-0.4, -0.2) is 19.6 Å². The molecule has 0 radical (unpaired) electrons. The number of anilines is 1. The molecule has 0 aliphatic heterocycles. The van der Waals surface area contributed by atoms with Gasteiger partial charge in [-0.25, -0.2) is 0 Å². The zero-order chi connectivity index (χ0) is 20.0. The van der Waals surface area contributed by atoms with Crippen LogP contribution in [0.2, 0.25) is 10.0 Å². The van der Waals surface area contributed by atoms with Crippen LogP contribution in [0, 0.1) is 18.3 Å². The predicted octanol–water partition coefficient (Wildman–Crippen LogP) is 5.25. The van der Waals surface area contributed by atoms with E-state index in [2.05, 4.69) is 5.32 Å². The van der Waals surface area contributed by atoms with Gasteiger partial charge in [0.1, 0.15) is 11.6 Å². The van der Waals surface area contributed by atoms with E-state index in [1.807, 2.05) is 26.0 Å². The van der Waals surface area contributed by atoms with Crippen molar-refractivity contribution >= 4 is 40.9 Å². The lowest BCUT2D eigenvalue weighted by atomic mass is 10.1. The fourth-order valence-corrected chi connectivity index (χ4v) is 2.98. The van der Waals surface area contributed by atoms with Gasteiger partial charge in [-0.1, -0.05) is 35.3 Å². The van der Waals surface area contributed by atoms with E-state index in [0.717, 1.165) is 5.56 Å². The van der Waals surface area contributed by atoms with Crippen LogP contribution in [0.4, 0.5) is 5.69 Å². The number of rotatable bonds is 6. The van der Waals surface area contributed by atoms with Crippen LogP contribution >= 0.6 is 23.2 Å². The number of ether oxygens (including phenoxy) is 2. The average Bonchev–Trinajstić information content (AvgIpc) is 2.63. The fourth-order valence-electron chi connectivity index (χ4n) is 2.42. The Morgan fingerprint density at radius 3 is 2.63 bits per heavy atom. The van der Waals surface area contributed by atoms with Crippen molar-refractivity contribution in [1.29, 1.82) is 5.26 Å². The largest absolute Gasteiger partial charge is 0.491 e. The van der Waals surface area contributed by atoms with Crippen molar-refractivity contribution in [2.24, 2.45) is 0 Å². The molecule has 5 nitrogen and oxygen atoms in total. The quantitative estimate of drug-likeness (QED) is 0.526. The van der Waals surface area contributed by atoms with Crippen molar-refractivity contribution in [3.63, 3.8) is 0 Å². The molecule has 2 rings (SSSR count). The highest BCUT2D eigenvalue weighted by molar-refractivity contribution is 6.34. The molecule has 0 bridgehead atoms. The third-order valence-electron chi connectivity index (χ3n) is 3.67. The van der Waals surface area contributed by atoms with E-state index in [1.165, 1.54) is 13.2 Å². The first kappa shape index (κ1) is 20.6. The summed E-state index contributed by atoms with van der Waals surface area (Å²) in [6.45, 7) is 4.06. The molecular formula is C20H18Cl2N2O3. The van der Waals surface area contributed by atoms with Gasteiger partial charge in [-0.2, -0.15) is 5.26 Å². The zero-order valence-electron chi connectivity index (χ0n) is 15.1. The van der Waals surface area contributed by atoms with Gasteiger partial charge in [0.25, 0.3) is 5.91 Å². The second-order valence-corrected chi connectivity index (χ2v) is 6.34. The molecule has 0 fully saturated rings. The van der Waals surface area contributed by atoms with Crippen molar-refractivity contribution in [2.45, 2.75) is 13.8 Å². The molecule has 0 unspecified atom stereocenters. The number of carbonyl (C=O) groups excluding carboxylic acids is 1. The number of benzene rings is 2. The fraction of sp³-hybridized carbons (Fsp3) is 0.200. The first-order valence-corrected chi connectivity index (χ1v) is 8.85. The number of hydrogen-bond acceptors (Lipinski definition) is 4. The predicted molar refractivity (Wildman–Crippen MR) is 108 cm³/mol. The van der Waals surface area contributed by atoms with Crippen molar-refractivity contribution in [3.05, 3.63) is 57.1 Å². The number of nitrogens with one attached hydrogen (secondary N) is 1. The summed E-state index contributed by atoms with van der Waals surface area (Å²) in [5.74, 6) is 0.252. The maximum atomic E-state index is 12.5. The van der Waals surface area contributed by atoms with E-state index in [1.54, 1.807) is 24.3 Å². The number of hydrogen-bond donors (Lipinski definition) is 1. The van der Waals surface area contributed by atoms with E-state index in [9.17, 15) is 10.1 Å². The zero-order valence-corrected chi connectivity index (χ0v) is 16.6. The van der Waals surface area contributed by atoms with E-state index < -0.39 is 5.91 Å². The molecule has 0 heterocycles. The summed E-state index contributed by atoms with van der Waals surface area (Å²) < 4.78 is 10.7. The van der Waals surface area contributed by atoms with Crippen LogP contribution in [-0.2, 0) is 4.79 Å². The third kappa shape index (κ3) is 4.94. The Bertz CT molecular complexity index is 913. The van der Waals surface area contributed by atoms with Crippen molar-refractivity contribution < 1.29 is 14.3 Å². The van der Waals surface area contributed by atoms with E-state index in [4.69, 9.17) is 32.7 Å². The molecule has 0 aromatic heterocycles. The topological polar surface area (TPSA) is 71.3 Å². The molecule has 2 aromatic rings. The molecule has 27 heavy (non-hydrogen) atoms. The first-order valence-electron chi connectivity index (χ1n) is 8.09. The molecule has 0 saturated heterocycles. The van der Waals surface area contributed by atoms with Gasteiger partial charge >= 0.3 is 0 Å². The standard InChI is InChI=1S/C20H18Cl2N2O3/c1-4-27-17-10-13(9-16(22)19(17)26-3)8-14(11-23)20(25)24-18-12(2)6-5-7-15(18)21/h5-10H,4H2,1-3H3,(H,24,25)/b14-8+. The lowest BCUT2D eigenvalue weighted by molar-refractivity contribution is -0.112. The number of para-hydroxylation sites is 1. The van der Waals surface area contributed by atoms with Gasteiger partial charge in [0.05, 0.1) is 29.4 Å². The van der Waals surface area contributed by atoms with E-state index in [-0.39, 0.29) is 5.57 Å². The number of nitrogens with zero attached hydrogens (tertiary/aromatic N) is 1. The Morgan fingerprint density at radius 2 is 2.04 bits per heavy atom. The Labute approximate surface area is 168 Å². The molecule has 140 valence electrons. The molecule has 0 atom stereocenters. The summed E-state index contributed by atoms with van der Waals surface area (Å²) in [5.41, 5.74) is 1.69. The Morgan fingerprint density at radius 1 is 1.30 bits per heavy atom. The molecule has 0 saturated carbocycles. The highest BCUT2D eigenvalue weighted by Gasteiger charge is 2.15. The number of carbonyl (C=O) groups is 1. The second-order valence-electron chi connectivity index (χ2n) is 5.52. The minimum atomic E-state index is -0.571. The van der Waals surface area contributed by atoms with Crippen molar-refractivity contribution in [2.75, 3.05) is 19.0 Å². The highest BCUT2D eigenvalue weighted by Crippen LogP contribution is 2.37. The summed E-state index contributed by atoms with van der Waals surface area (Å²) in [7, 11) is 1.49. The summed E-state index contributed by atoms with van der Waals surface area (Å²) in [4.78, 5) is 12.5. The van der Waals surface area contributed by atoms with Gasteiger partial charge in [-0.15, -0.1) is 0 Å². The summed E-state index contributed by atoms with van der Waals surface area (Å²) >= 11 is 12.3. The van der Waals surface area contributed by atoms with Gasteiger partial charge in [-0.05, 0) is 49.2 Å². The second kappa shape index (κ2) is 9.31. The van der Waals surface area contributed by atoms with Gasteiger partial charge in [0.2, 0.25) is 0 Å². The van der Waals surface area contributed by atoms with Crippen LogP contribution in [0.5, 0.6) is 11.5 Å². The van der Waals surface area contributed by atoms with Crippen LogP contribution in [0.15, 0.2) is 35.9 Å². The smallest absolute Gasteiger partial charge is 0.266 e. The van der Waals surface area contributed by atoms with Gasteiger partial charge in [0.15, 0.2) is 11.5 Å². The summed E-state index contributed by atoms with van der Waals surface area (Å²) in [6, 6.07) is 10.4. The molecule has 1 N–H and O–H groups in total. The molecule has 7 heteroatoms. The normalized spacial score (nSPS) is 10.9. The molecule has 1 amide bonds. The molecule has 0 aliphatic carbocycles. The number of nitriles is 1. The van der Waals surface area contributed by atoms with Crippen molar-refractivity contribution in [1.82, 2.24) is 0 Å². The minimum absolute atomic E-state index is 0.0991. The molecule has 2 aromatic carbocycles. The molecular weight excluding hydrogens is 387 g/mol. The summed E-state index contributed by atoms with van der Waals surface area (Å²) in [5, 5.41) is 12.8. The number of halogens is 2. The van der Waals surface area contributed by atoms with Crippen LogP contribution < -0.4 is 14.8 Å². The SMILES string of the molecule is CCOc1cc(/C=C(\C#N)C(=O)Nc2c(C)cccc2Cl)cc(Cl)c1OC. The Balaban J connectivity index is 2.38. The molecule has 0 spiro atoms. The average molecular weight is 405 g/mol. The maximum absolute atomic E-state index is 12.5. The third-order valence-corrected chi connectivity index (χ3v) is 4.27. The van der Waals surface area contributed by atoms with Gasteiger partial charge < -0.3 is 14.8 Å². The van der Waals surface area contributed by atoms with Crippen molar-refractivity contribution in [3.8, 4) is 17.6 Å². The molecule has 0 aliphatic rings. The van der Waals surface area contributed by atoms with Crippen LogP contribution in [0.1, 0.15) is 18.1 Å². The monoisotopic (exact) mass is 404 g/mol. The van der Waals surface area contributed by atoms with E-state index in [0.29, 0.717) is 39.4 Å². The lowest BCUT2D eigenvalue weighted by Gasteiger charge is -2.12. The highest BCUT2D eigenvalue weighted by atomic mass is 35.5. The minimum Gasteiger partial charge on any atom is -0.491 e. The number of amides is 1. The van der Waals surface area contributed by atoms with Crippen LogP contribution in [0.3, 0.4) is 0 Å². The Kier molecular flexibility index (Phi) is 7.12. The van der Waals surface area contributed by atoms with Gasteiger partial charge in [0, 0.05) is 0 Å². The van der Waals surface area contributed by atoms with Gasteiger partial charge in [-0.3, -0.25) is 4.79 Å². The maximum Gasteiger partial charge on any atom is 0.266 e. The number of aryl methyl sites for hydroxylation is 1. The van der Waals surface area contributed by atoms with Crippen LogP contribution in [0.25, 0.3) is 6.08 Å². The first-order chi connectivity index (χ1) is 12.9.